The number of fused-ring (bicyclic) bond motifs is 1. The average molecular weight is 323 g/mol. The lowest BCUT2D eigenvalue weighted by atomic mass is 10.1. The number of H-pyrrole nitrogens is 1. The highest BCUT2D eigenvalue weighted by Gasteiger charge is 2.15. The zero-order chi connectivity index (χ0) is 17.1. The first kappa shape index (κ1) is 15.7. The summed E-state index contributed by atoms with van der Waals surface area (Å²) >= 11 is 0. The van der Waals surface area contributed by atoms with E-state index in [1.807, 2.05) is 26.0 Å². The minimum Gasteiger partial charge on any atom is -0.360 e. The summed E-state index contributed by atoms with van der Waals surface area (Å²) < 4.78 is 1.79. The first-order valence-corrected chi connectivity index (χ1v) is 7.57. The highest BCUT2D eigenvalue weighted by atomic mass is 16.2. The van der Waals surface area contributed by atoms with Crippen LogP contribution in [0.5, 0.6) is 0 Å². The van der Waals surface area contributed by atoms with Crippen LogP contribution in [0.25, 0.3) is 11.0 Å². The standard InChI is InChI=1S/C17H17N5O2/c1-3-22-10-14(15(23)13-7-6-11(2)20-16(13)22)17(24)21-19-9-12-5-4-8-18-12/h4-10,18H,3H2,1-2H3,(H,21,24)/b19-9+. The molecule has 3 aromatic rings. The summed E-state index contributed by atoms with van der Waals surface area (Å²) in [5.41, 5.74) is 4.21. The van der Waals surface area contributed by atoms with Gasteiger partial charge >= 0.3 is 0 Å². The Kier molecular flexibility index (Phi) is 4.24. The third kappa shape index (κ3) is 2.96. The molecule has 0 atom stereocenters. The molecule has 3 rings (SSSR count). The number of hydrogen-bond acceptors (Lipinski definition) is 4. The van der Waals surface area contributed by atoms with E-state index < -0.39 is 5.91 Å². The van der Waals surface area contributed by atoms with Crippen molar-refractivity contribution >= 4 is 23.2 Å². The van der Waals surface area contributed by atoms with Gasteiger partial charge in [-0.05, 0) is 38.1 Å². The fraction of sp³-hybridized carbons (Fsp3) is 0.176. The fourth-order valence-electron chi connectivity index (χ4n) is 2.41. The predicted molar refractivity (Wildman–Crippen MR) is 92.3 cm³/mol. The van der Waals surface area contributed by atoms with Crippen LogP contribution in [-0.4, -0.2) is 26.7 Å². The van der Waals surface area contributed by atoms with Gasteiger partial charge in [-0.2, -0.15) is 5.10 Å². The van der Waals surface area contributed by atoms with E-state index in [4.69, 9.17) is 0 Å². The molecule has 0 aromatic carbocycles. The molecule has 122 valence electrons. The summed E-state index contributed by atoms with van der Waals surface area (Å²) in [6, 6.07) is 7.09. The van der Waals surface area contributed by atoms with Gasteiger partial charge in [-0.3, -0.25) is 9.59 Å². The van der Waals surface area contributed by atoms with Crippen molar-refractivity contribution in [2.24, 2.45) is 5.10 Å². The van der Waals surface area contributed by atoms with Gasteiger partial charge in [0.2, 0.25) is 5.43 Å². The van der Waals surface area contributed by atoms with Crippen LogP contribution in [0, 0.1) is 6.92 Å². The second-order valence-electron chi connectivity index (χ2n) is 5.31. The Morgan fingerprint density at radius 2 is 2.25 bits per heavy atom. The van der Waals surface area contributed by atoms with Gasteiger partial charge in [-0.25, -0.2) is 10.4 Å². The summed E-state index contributed by atoms with van der Waals surface area (Å²) in [6.45, 7) is 4.39. The van der Waals surface area contributed by atoms with Gasteiger partial charge in [0.1, 0.15) is 11.2 Å². The fourth-order valence-corrected chi connectivity index (χ4v) is 2.41. The molecule has 7 heteroatoms. The number of aromatic nitrogens is 3. The van der Waals surface area contributed by atoms with Crippen molar-refractivity contribution in [2.45, 2.75) is 20.4 Å². The number of hydrogen-bond donors (Lipinski definition) is 2. The maximum Gasteiger partial charge on any atom is 0.276 e. The van der Waals surface area contributed by atoms with E-state index in [1.54, 1.807) is 22.9 Å². The lowest BCUT2D eigenvalue weighted by Crippen LogP contribution is -2.27. The van der Waals surface area contributed by atoms with Crippen LogP contribution >= 0.6 is 0 Å². The molecule has 3 aromatic heterocycles. The monoisotopic (exact) mass is 323 g/mol. The van der Waals surface area contributed by atoms with Gasteiger partial charge in [-0.15, -0.1) is 0 Å². The van der Waals surface area contributed by atoms with E-state index in [0.29, 0.717) is 17.6 Å². The third-order valence-electron chi connectivity index (χ3n) is 3.64. The maximum atomic E-state index is 12.6. The molecular formula is C17H17N5O2. The molecule has 0 unspecified atom stereocenters. The number of hydrazone groups is 1. The molecule has 0 spiro atoms. The molecule has 0 saturated heterocycles. The predicted octanol–water partition coefficient (Wildman–Crippen LogP) is 1.82. The largest absolute Gasteiger partial charge is 0.360 e. The Labute approximate surface area is 138 Å². The number of carbonyl (C=O) groups is 1. The molecule has 0 aliphatic heterocycles. The molecule has 24 heavy (non-hydrogen) atoms. The van der Waals surface area contributed by atoms with Gasteiger partial charge in [0.25, 0.3) is 5.91 Å². The van der Waals surface area contributed by atoms with Crippen LogP contribution in [0.15, 0.2) is 46.6 Å². The number of aryl methyl sites for hydroxylation is 2. The molecule has 0 saturated carbocycles. The number of amides is 1. The lowest BCUT2D eigenvalue weighted by molar-refractivity contribution is 0.0953. The number of aromatic amines is 1. The summed E-state index contributed by atoms with van der Waals surface area (Å²) in [7, 11) is 0. The van der Waals surface area contributed by atoms with E-state index in [2.05, 4.69) is 20.5 Å². The second kappa shape index (κ2) is 6.49. The molecule has 0 fully saturated rings. The van der Waals surface area contributed by atoms with Gasteiger partial charge in [0, 0.05) is 24.6 Å². The van der Waals surface area contributed by atoms with Crippen molar-refractivity contribution in [1.82, 2.24) is 20.0 Å². The molecule has 1 amide bonds. The minimum absolute atomic E-state index is 0.0404. The van der Waals surface area contributed by atoms with Crippen molar-refractivity contribution in [1.29, 1.82) is 0 Å². The van der Waals surface area contributed by atoms with Crippen LogP contribution < -0.4 is 10.9 Å². The molecule has 0 radical (unpaired) electrons. The summed E-state index contributed by atoms with van der Waals surface area (Å²) in [5.74, 6) is -0.549. The lowest BCUT2D eigenvalue weighted by Gasteiger charge is -2.10. The Hall–Kier alpha value is -3.22. The van der Waals surface area contributed by atoms with Gasteiger partial charge in [0.15, 0.2) is 0 Å². The van der Waals surface area contributed by atoms with Gasteiger partial charge < -0.3 is 9.55 Å². The van der Waals surface area contributed by atoms with Crippen molar-refractivity contribution < 1.29 is 4.79 Å². The van der Waals surface area contributed by atoms with E-state index in [9.17, 15) is 9.59 Å². The summed E-state index contributed by atoms with van der Waals surface area (Å²) in [4.78, 5) is 32.2. The van der Waals surface area contributed by atoms with E-state index in [1.165, 1.54) is 12.4 Å². The number of pyridine rings is 2. The van der Waals surface area contributed by atoms with Crippen molar-refractivity contribution in [2.75, 3.05) is 0 Å². The number of nitrogens with one attached hydrogen (secondary N) is 2. The van der Waals surface area contributed by atoms with Gasteiger partial charge in [-0.1, -0.05) is 0 Å². The summed E-state index contributed by atoms with van der Waals surface area (Å²) in [5, 5.41) is 4.28. The molecule has 0 aliphatic carbocycles. The van der Waals surface area contributed by atoms with Crippen LogP contribution in [0.3, 0.4) is 0 Å². The molecule has 2 N–H and O–H groups in total. The van der Waals surface area contributed by atoms with Crippen LogP contribution in [0.4, 0.5) is 0 Å². The summed E-state index contributed by atoms with van der Waals surface area (Å²) in [6.07, 6.45) is 4.75. The first-order chi connectivity index (χ1) is 11.6. The Morgan fingerprint density at radius 1 is 1.42 bits per heavy atom. The van der Waals surface area contributed by atoms with Crippen molar-refractivity contribution in [3.05, 3.63) is 63.8 Å². The van der Waals surface area contributed by atoms with Crippen molar-refractivity contribution in [3.8, 4) is 0 Å². The third-order valence-corrected chi connectivity index (χ3v) is 3.64. The van der Waals surface area contributed by atoms with Crippen molar-refractivity contribution in [3.63, 3.8) is 0 Å². The highest BCUT2D eigenvalue weighted by Crippen LogP contribution is 2.11. The Balaban J connectivity index is 1.97. The molecule has 7 nitrogen and oxygen atoms in total. The maximum absolute atomic E-state index is 12.6. The quantitative estimate of drug-likeness (QED) is 0.566. The Morgan fingerprint density at radius 3 is 2.96 bits per heavy atom. The normalized spacial score (nSPS) is 11.2. The highest BCUT2D eigenvalue weighted by molar-refractivity contribution is 5.97. The smallest absolute Gasteiger partial charge is 0.276 e. The Bertz CT molecular complexity index is 971. The second-order valence-corrected chi connectivity index (χ2v) is 5.31. The average Bonchev–Trinajstić information content (AvgIpc) is 3.08. The molecule has 0 bridgehead atoms. The SMILES string of the molecule is CCn1cc(C(=O)N/N=C/c2ccc[nH]2)c(=O)c2ccc(C)nc21. The topological polar surface area (TPSA) is 92.1 Å². The zero-order valence-electron chi connectivity index (χ0n) is 13.4. The van der Waals surface area contributed by atoms with E-state index in [0.717, 1.165) is 11.4 Å². The molecular weight excluding hydrogens is 306 g/mol. The van der Waals surface area contributed by atoms with Crippen LogP contribution in [-0.2, 0) is 6.54 Å². The zero-order valence-corrected chi connectivity index (χ0v) is 13.4. The first-order valence-electron chi connectivity index (χ1n) is 7.57. The number of nitrogens with zero attached hydrogens (tertiary/aromatic N) is 3. The van der Waals surface area contributed by atoms with Crippen LogP contribution in [0.1, 0.15) is 28.7 Å². The minimum atomic E-state index is -0.549. The number of rotatable bonds is 4. The van der Waals surface area contributed by atoms with Crippen LogP contribution in [0.2, 0.25) is 0 Å². The van der Waals surface area contributed by atoms with Gasteiger partial charge in [0.05, 0.1) is 17.3 Å². The van der Waals surface area contributed by atoms with E-state index >= 15 is 0 Å². The number of carbonyl (C=O) groups excluding carboxylic acids is 1. The molecule has 0 aliphatic rings. The molecule has 3 heterocycles. The van der Waals surface area contributed by atoms with E-state index in [-0.39, 0.29) is 11.0 Å².